The minimum atomic E-state index is 0.352. The lowest BCUT2D eigenvalue weighted by Crippen LogP contribution is -2.45. The van der Waals surface area contributed by atoms with Crippen LogP contribution in [0.15, 0.2) is 0 Å². The van der Waals surface area contributed by atoms with E-state index in [-0.39, 0.29) is 0 Å². The fourth-order valence-electron chi connectivity index (χ4n) is 3.67. The molecular weight excluding hydrogens is 256 g/mol. The van der Waals surface area contributed by atoms with Gasteiger partial charge in [-0.1, -0.05) is 13.8 Å². The highest BCUT2D eigenvalue weighted by atomic mass is 32.2. The van der Waals surface area contributed by atoms with Gasteiger partial charge in [0.2, 0.25) is 5.91 Å². The van der Waals surface area contributed by atoms with Gasteiger partial charge in [-0.2, -0.15) is 11.8 Å². The Labute approximate surface area is 120 Å². The largest absolute Gasteiger partial charge is 0.340 e. The van der Waals surface area contributed by atoms with E-state index in [1.807, 2.05) is 11.8 Å². The fraction of sp³-hybridized carbons (Fsp3) is 0.933. The molecule has 3 aliphatic rings. The first-order valence-corrected chi connectivity index (χ1v) is 8.78. The lowest BCUT2D eigenvalue weighted by Gasteiger charge is -2.35. The Bertz CT molecular complexity index is 352. The Morgan fingerprint density at radius 1 is 1.37 bits per heavy atom. The van der Waals surface area contributed by atoms with Crippen molar-refractivity contribution >= 4 is 17.7 Å². The van der Waals surface area contributed by atoms with Crippen molar-refractivity contribution in [3.8, 4) is 0 Å². The third-order valence-corrected chi connectivity index (χ3v) is 6.78. The molecule has 4 heteroatoms. The van der Waals surface area contributed by atoms with Crippen molar-refractivity contribution in [1.29, 1.82) is 0 Å². The molecule has 1 N–H and O–H groups in total. The summed E-state index contributed by atoms with van der Waals surface area (Å²) >= 11 is 2.05. The first-order valence-electron chi connectivity index (χ1n) is 7.73. The van der Waals surface area contributed by atoms with Crippen LogP contribution in [0, 0.1) is 17.3 Å². The van der Waals surface area contributed by atoms with Crippen LogP contribution in [0.3, 0.4) is 0 Å². The Hall–Kier alpha value is -0.220. The number of nitrogens with zero attached hydrogens (tertiary/aromatic N) is 1. The van der Waals surface area contributed by atoms with Crippen molar-refractivity contribution in [3.63, 3.8) is 0 Å². The molecule has 2 aliphatic heterocycles. The summed E-state index contributed by atoms with van der Waals surface area (Å²) in [5, 5.41) is 4.05. The van der Waals surface area contributed by atoms with Gasteiger partial charge in [0.25, 0.3) is 0 Å². The van der Waals surface area contributed by atoms with E-state index in [0.29, 0.717) is 28.4 Å². The number of carbonyl (C=O) groups is 1. The monoisotopic (exact) mass is 282 g/mol. The molecule has 1 amide bonds. The quantitative estimate of drug-likeness (QED) is 0.840. The minimum absolute atomic E-state index is 0.352. The van der Waals surface area contributed by atoms with Gasteiger partial charge >= 0.3 is 0 Å². The van der Waals surface area contributed by atoms with Gasteiger partial charge in [0.15, 0.2) is 0 Å². The SMILES string of the molecule is CC(C)C1CN(C(=O)C2CC23CCNCC3)CCS1. The van der Waals surface area contributed by atoms with Gasteiger partial charge in [-0.25, -0.2) is 0 Å². The van der Waals surface area contributed by atoms with E-state index in [9.17, 15) is 4.79 Å². The van der Waals surface area contributed by atoms with Crippen LogP contribution in [-0.4, -0.2) is 48.0 Å². The summed E-state index contributed by atoms with van der Waals surface area (Å²) < 4.78 is 0. The van der Waals surface area contributed by atoms with Crippen molar-refractivity contribution < 1.29 is 4.79 Å². The van der Waals surface area contributed by atoms with Crippen LogP contribution in [-0.2, 0) is 4.79 Å². The van der Waals surface area contributed by atoms with Gasteiger partial charge in [0.1, 0.15) is 0 Å². The number of hydrogen-bond donors (Lipinski definition) is 1. The standard InChI is InChI=1S/C15H26N2OS/c1-11(2)13-10-17(7-8-19-13)14(18)12-9-15(12)3-5-16-6-4-15/h11-13,16H,3-10H2,1-2H3. The summed E-state index contributed by atoms with van der Waals surface area (Å²) in [6, 6.07) is 0. The maximum atomic E-state index is 12.7. The Morgan fingerprint density at radius 3 is 2.79 bits per heavy atom. The van der Waals surface area contributed by atoms with E-state index in [2.05, 4.69) is 24.1 Å². The highest BCUT2D eigenvalue weighted by Gasteiger charge is 2.58. The molecule has 3 rings (SSSR count). The van der Waals surface area contributed by atoms with Crippen LogP contribution in [0.2, 0.25) is 0 Å². The molecule has 0 aromatic rings. The van der Waals surface area contributed by atoms with Gasteiger partial charge in [-0.15, -0.1) is 0 Å². The first kappa shape index (κ1) is 13.7. The third-order valence-electron chi connectivity index (χ3n) is 5.24. The predicted octanol–water partition coefficient (Wildman–Crippen LogP) is 1.98. The van der Waals surface area contributed by atoms with Crippen LogP contribution in [0.25, 0.3) is 0 Å². The van der Waals surface area contributed by atoms with Gasteiger partial charge in [-0.3, -0.25) is 4.79 Å². The van der Waals surface area contributed by atoms with Crippen molar-refractivity contribution in [2.45, 2.75) is 38.4 Å². The predicted molar refractivity (Wildman–Crippen MR) is 80.3 cm³/mol. The molecule has 3 nitrogen and oxygen atoms in total. The molecule has 2 unspecified atom stereocenters. The molecular formula is C15H26N2OS. The molecule has 1 aliphatic carbocycles. The summed E-state index contributed by atoms with van der Waals surface area (Å²) in [7, 11) is 0. The lowest BCUT2D eigenvalue weighted by atomic mass is 9.91. The summed E-state index contributed by atoms with van der Waals surface area (Å²) in [5.41, 5.74) is 0.389. The van der Waals surface area contributed by atoms with Gasteiger partial charge in [-0.05, 0) is 43.7 Å². The zero-order valence-corrected chi connectivity index (χ0v) is 13.0. The molecule has 1 spiro atoms. The average molecular weight is 282 g/mol. The summed E-state index contributed by atoms with van der Waals surface area (Å²) in [6.45, 7) is 8.71. The molecule has 108 valence electrons. The molecule has 0 radical (unpaired) electrons. The van der Waals surface area contributed by atoms with E-state index in [1.165, 1.54) is 12.8 Å². The number of carbonyl (C=O) groups excluding carboxylic acids is 1. The van der Waals surface area contributed by atoms with E-state index >= 15 is 0 Å². The fourth-order valence-corrected chi connectivity index (χ4v) is 4.97. The zero-order chi connectivity index (χ0) is 13.5. The summed E-state index contributed by atoms with van der Waals surface area (Å²) in [6.07, 6.45) is 3.57. The molecule has 3 fully saturated rings. The zero-order valence-electron chi connectivity index (χ0n) is 12.2. The maximum absolute atomic E-state index is 12.7. The van der Waals surface area contributed by atoms with E-state index in [4.69, 9.17) is 0 Å². The van der Waals surface area contributed by atoms with Gasteiger partial charge in [0.05, 0.1) is 0 Å². The van der Waals surface area contributed by atoms with Crippen LogP contribution in [0.5, 0.6) is 0 Å². The molecule has 0 aromatic heterocycles. The topological polar surface area (TPSA) is 32.3 Å². The molecule has 0 bridgehead atoms. The second kappa shape index (κ2) is 5.28. The Kier molecular flexibility index (Phi) is 3.82. The van der Waals surface area contributed by atoms with Gasteiger partial charge < -0.3 is 10.2 Å². The van der Waals surface area contributed by atoms with Crippen molar-refractivity contribution in [2.24, 2.45) is 17.3 Å². The molecule has 2 saturated heterocycles. The van der Waals surface area contributed by atoms with Crippen LogP contribution >= 0.6 is 11.8 Å². The minimum Gasteiger partial charge on any atom is -0.340 e. The second-order valence-electron chi connectivity index (χ2n) is 6.81. The van der Waals surface area contributed by atoms with Crippen molar-refractivity contribution in [3.05, 3.63) is 0 Å². The molecule has 2 heterocycles. The third kappa shape index (κ3) is 2.66. The van der Waals surface area contributed by atoms with Gasteiger partial charge in [0, 0.05) is 30.0 Å². The number of nitrogens with one attached hydrogen (secondary N) is 1. The Morgan fingerprint density at radius 2 is 2.11 bits per heavy atom. The normalized spacial score (nSPS) is 33.7. The molecule has 0 aromatic carbocycles. The Balaban J connectivity index is 1.59. The maximum Gasteiger partial charge on any atom is 0.226 e. The van der Waals surface area contributed by atoms with Crippen LogP contribution in [0.4, 0.5) is 0 Å². The number of hydrogen-bond acceptors (Lipinski definition) is 3. The molecule has 19 heavy (non-hydrogen) atoms. The van der Waals surface area contributed by atoms with Crippen molar-refractivity contribution in [2.75, 3.05) is 31.9 Å². The van der Waals surface area contributed by atoms with Crippen LogP contribution < -0.4 is 5.32 Å². The second-order valence-corrected chi connectivity index (χ2v) is 8.15. The summed E-state index contributed by atoms with van der Waals surface area (Å²) in [5.74, 6) is 2.61. The van der Waals surface area contributed by atoms with Crippen molar-refractivity contribution in [1.82, 2.24) is 10.2 Å². The summed E-state index contributed by atoms with van der Waals surface area (Å²) in [4.78, 5) is 14.9. The van der Waals surface area contributed by atoms with E-state index in [1.54, 1.807) is 0 Å². The number of thioether (sulfide) groups is 1. The van der Waals surface area contributed by atoms with Crippen LogP contribution in [0.1, 0.15) is 33.1 Å². The highest BCUT2D eigenvalue weighted by Crippen LogP contribution is 2.59. The lowest BCUT2D eigenvalue weighted by molar-refractivity contribution is -0.133. The molecule has 2 atom stereocenters. The van der Waals surface area contributed by atoms with E-state index in [0.717, 1.165) is 38.4 Å². The van der Waals surface area contributed by atoms with E-state index < -0.39 is 0 Å². The highest BCUT2D eigenvalue weighted by molar-refractivity contribution is 8.00. The number of rotatable bonds is 2. The average Bonchev–Trinajstić information content (AvgIpc) is 3.12. The smallest absolute Gasteiger partial charge is 0.226 e. The number of piperidine rings is 1. The first-order chi connectivity index (χ1) is 9.12. The molecule has 1 saturated carbocycles. The number of amides is 1.